The van der Waals surface area contributed by atoms with Gasteiger partial charge in [-0.15, -0.1) is 0 Å². The average Bonchev–Trinajstić information content (AvgIpc) is 2.54. The molecule has 0 aliphatic carbocycles. The third-order valence-electron chi connectivity index (χ3n) is 2.91. The molecule has 0 unspecified atom stereocenters. The normalized spacial score (nSPS) is 11.1. The van der Waals surface area contributed by atoms with E-state index < -0.39 is 0 Å². The molecule has 98 valence electrons. The van der Waals surface area contributed by atoms with Gasteiger partial charge in [-0.1, -0.05) is 44.2 Å². The number of ether oxygens (including phenoxy) is 1. The molecule has 1 rings (SSSR count). The van der Waals surface area contributed by atoms with Crippen molar-refractivity contribution < 1.29 is 4.74 Å². The zero-order valence-corrected chi connectivity index (χ0v) is 11.9. The van der Waals surface area contributed by atoms with Crippen molar-refractivity contribution in [2.45, 2.75) is 52.6 Å². The largest absolute Gasteiger partial charge is 0.377 e. The first kappa shape index (κ1) is 14.5. The second-order valence-electron chi connectivity index (χ2n) is 4.45. The highest BCUT2D eigenvalue weighted by atomic mass is 35.5. The minimum Gasteiger partial charge on any atom is -0.377 e. The van der Waals surface area contributed by atoms with Crippen LogP contribution in [0.4, 0.5) is 0 Å². The van der Waals surface area contributed by atoms with Crippen LogP contribution in [0.2, 0.25) is 5.15 Å². The topological polar surface area (TPSA) is 27.1 Å². The molecular weight excluding hydrogens is 236 g/mol. The third kappa shape index (κ3) is 4.68. The van der Waals surface area contributed by atoms with Crippen molar-refractivity contribution >= 4 is 11.6 Å². The summed E-state index contributed by atoms with van der Waals surface area (Å²) in [5, 5.41) is 4.94. The maximum Gasteiger partial charge on any atom is 0.132 e. The van der Waals surface area contributed by atoms with E-state index in [1.807, 2.05) is 14.0 Å². The van der Waals surface area contributed by atoms with Crippen molar-refractivity contribution in [1.82, 2.24) is 9.78 Å². The third-order valence-corrected chi connectivity index (χ3v) is 3.38. The molecule has 0 amide bonds. The van der Waals surface area contributed by atoms with Crippen molar-refractivity contribution in [1.29, 1.82) is 0 Å². The second-order valence-corrected chi connectivity index (χ2v) is 4.80. The lowest BCUT2D eigenvalue weighted by molar-refractivity contribution is 0.116. The van der Waals surface area contributed by atoms with Gasteiger partial charge in [0.05, 0.1) is 12.3 Å². The van der Waals surface area contributed by atoms with Crippen LogP contribution in [-0.2, 0) is 18.4 Å². The van der Waals surface area contributed by atoms with Crippen LogP contribution in [0.15, 0.2) is 0 Å². The predicted molar refractivity (Wildman–Crippen MR) is 71.4 cm³/mol. The van der Waals surface area contributed by atoms with Crippen LogP contribution in [0, 0.1) is 6.92 Å². The summed E-state index contributed by atoms with van der Waals surface area (Å²) in [6, 6.07) is 0. The van der Waals surface area contributed by atoms with Crippen molar-refractivity contribution in [3.05, 3.63) is 16.4 Å². The fourth-order valence-corrected chi connectivity index (χ4v) is 2.05. The molecule has 0 aliphatic rings. The molecule has 0 fully saturated rings. The first-order valence-electron chi connectivity index (χ1n) is 6.42. The molecular formula is C13H23ClN2O. The quantitative estimate of drug-likeness (QED) is 0.662. The van der Waals surface area contributed by atoms with Crippen molar-refractivity contribution in [2.24, 2.45) is 7.05 Å². The Bertz CT molecular complexity index is 336. The summed E-state index contributed by atoms with van der Waals surface area (Å²) in [5.74, 6) is 0. The Morgan fingerprint density at radius 2 is 1.94 bits per heavy atom. The van der Waals surface area contributed by atoms with Gasteiger partial charge in [-0.3, -0.25) is 4.68 Å². The number of rotatable bonds is 8. The zero-order valence-electron chi connectivity index (χ0n) is 11.1. The van der Waals surface area contributed by atoms with E-state index in [0.717, 1.165) is 24.3 Å². The number of halogens is 1. The van der Waals surface area contributed by atoms with E-state index in [1.165, 1.54) is 25.7 Å². The van der Waals surface area contributed by atoms with E-state index >= 15 is 0 Å². The maximum atomic E-state index is 6.12. The van der Waals surface area contributed by atoms with Gasteiger partial charge in [0, 0.05) is 19.2 Å². The number of aryl methyl sites for hydroxylation is 2. The minimum absolute atomic E-state index is 0.576. The maximum absolute atomic E-state index is 6.12. The lowest BCUT2D eigenvalue weighted by atomic mass is 10.2. The Kier molecular flexibility index (Phi) is 6.60. The Hall–Kier alpha value is -0.540. The van der Waals surface area contributed by atoms with Crippen molar-refractivity contribution in [2.75, 3.05) is 6.61 Å². The van der Waals surface area contributed by atoms with E-state index in [0.29, 0.717) is 11.8 Å². The van der Waals surface area contributed by atoms with Gasteiger partial charge in [-0.05, 0) is 13.3 Å². The molecule has 0 bridgehead atoms. The van der Waals surface area contributed by atoms with Crippen LogP contribution < -0.4 is 0 Å². The Balaban J connectivity index is 2.18. The first-order valence-corrected chi connectivity index (χ1v) is 6.80. The lowest BCUT2D eigenvalue weighted by Gasteiger charge is -2.04. The van der Waals surface area contributed by atoms with Crippen LogP contribution in [0.1, 0.15) is 50.3 Å². The van der Waals surface area contributed by atoms with Gasteiger partial charge < -0.3 is 4.74 Å². The molecule has 1 heterocycles. The Morgan fingerprint density at radius 3 is 2.53 bits per heavy atom. The van der Waals surface area contributed by atoms with Crippen molar-refractivity contribution in [3.63, 3.8) is 0 Å². The standard InChI is InChI=1S/C13H23ClN2O/c1-4-5-6-7-8-9-17-10-12-11(2)15-16(3)13(12)14/h4-10H2,1-3H3. The van der Waals surface area contributed by atoms with Crippen LogP contribution in [0.3, 0.4) is 0 Å². The second kappa shape index (κ2) is 7.72. The molecule has 4 heteroatoms. The lowest BCUT2D eigenvalue weighted by Crippen LogP contribution is -1.97. The Labute approximate surface area is 109 Å². The monoisotopic (exact) mass is 258 g/mol. The number of hydrogen-bond acceptors (Lipinski definition) is 2. The highest BCUT2D eigenvalue weighted by Gasteiger charge is 2.10. The zero-order chi connectivity index (χ0) is 12.7. The number of unbranched alkanes of at least 4 members (excludes halogenated alkanes) is 4. The van der Waals surface area contributed by atoms with Gasteiger partial charge in [-0.2, -0.15) is 5.10 Å². The average molecular weight is 259 g/mol. The molecule has 1 aromatic heterocycles. The van der Waals surface area contributed by atoms with Crippen LogP contribution in [-0.4, -0.2) is 16.4 Å². The number of aromatic nitrogens is 2. The highest BCUT2D eigenvalue weighted by Crippen LogP contribution is 2.19. The number of hydrogen-bond donors (Lipinski definition) is 0. The van der Waals surface area contributed by atoms with Crippen LogP contribution in [0.25, 0.3) is 0 Å². The van der Waals surface area contributed by atoms with Crippen LogP contribution >= 0.6 is 11.6 Å². The molecule has 0 aromatic carbocycles. The molecule has 0 radical (unpaired) electrons. The summed E-state index contributed by atoms with van der Waals surface area (Å²) in [4.78, 5) is 0. The summed E-state index contributed by atoms with van der Waals surface area (Å²) >= 11 is 6.12. The molecule has 0 spiro atoms. The summed E-state index contributed by atoms with van der Waals surface area (Å²) in [6.45, 7) is 5.58. The van der Waals surface area contributed by atoms with E-state index in [-0.39, 0.29) is 0 Å². The van der Waals surface area contributed by atoms with Gasteiger partial charge in [0.1, 0.15) is 5.15 Å². The molecule has 17 heavy (non-hydrogen) atoms. The fraction of sp³-hybridized carbons (Fsp3) is 0.769. The van der Waals surface area contributed by atoms with E-state index in [9.17, 15) is 0 Å². The first-order chi connectivity index (χ1) is 8.16. The van der Waals surface area contributed by atoms with E-state index in [2.05, 4.69) is 12.0 Å². The summed E-state index contributed by atoms with van der Waals surface area (Å²) in [5.41, 5.74) is 1.98. The molecule has 0 saturated heterocycles. The molecule has 0 atom stereocenters. The summed E-state index contributed by atoms with van der Waals surface area (Å²) in [6.07, 6.45) is 6.32. The highest BCUT2D eigenvalue weighted by molar-refractivity contribution is 6.30. The predicted octanol–water partition coefficient (Wildman–Crippen LogP) is 3.87. The van der Waals surface area contributed by atoms with Crippen LogP contribution in [0.5, 0.6) is 0 Å². The fourth-order valence-electron chi connectivity index (χ4n) is 1.82. The molecule has 0 aliphatic heterocycles. The van der Waals surface area contributed by atoms with Gasteiger partial charge in [0.15, 0.2) is 0 Å². The van der Waals surface area contributed by atoms with Gasteiger partial charge in [0.25, 0.3) is 0 Å². The molecule has 0 N–H and O–H groups in total. The van der Waals surface area contributed by atoms with Gasteiger partial charge in [0.2, 0.25) is 0 Å². The SMILES string of the molecule is CCCCCCCOCc1c(C)nn(C)c1Cl. The molecule has 0 saturated carbocycles. The minimum atomic E-state index is 0.576. The Morgan fingerprint density at radius 1 is 1.24 bits per heavy atom. The van der Waals surface area contributed by atoms with Gasteiger partial charge >= 0.3 is 0 Å². The smallest absolute Gasteiger partial charge is 0.132 e. The number of nitrogens with zero attached hydrogens (tertiary/aromatic N) is 2. The van der Waals surface area contributed by atoms with Gasteiger partial charge in [-0.25, -0.2) is 0 Å². The molecule has 3 nitrogen and oxygen atoms in total. The van der Waals surface area contributed by atoms with Crippen molar-refractivity contribution in [3.8, 4) is 0 Å². The summed E-state index contributed by atoms with van der Waals surface area (Å²) in [7, 11) is 1.85. The van der Waals surface area contributed by atoms with E-state index in [4.69, 9.17) is 16.3 Å². The van der Waals surface area contributed by atoms with E-state index in [1.54, 1.807) is 4.68 Å². The molecule has 1 aromatic rings. The summed E-state index contributed by atoms with van der Waals surface area (Å²) < 4.78 is 7.33.